The number of alkyl carbamates (subject to hydrolysis) is 1. The van der Waals surface area contributed by atoms with E-state index in [0.717, 1.165) is 27.1 Å². The SMILES string of the molecule is O=C(NCC(=O)N1CCc2sccc2C1C(=O)O)OCC1c2ccccc2-c2ccccc21. The van der Waals surface area contributed by atoms with Crippen LogP contribution in [0.25, 0.3) is 11.1 Å². The van der Waals surface area contributed by atoms with Crippen LogP contribution in [0, 0.1) is 0 Å². The van der Waals surface area contributed by atoms with Gasteiger partial charge in [0.15, 0.2) is 6.04 Å². The molecule has 33 heavy (non-hydrogen) atoms. The van der Waals surface area contributed by atoms with Crippen LogP contribution in [0.15, 0.2) is 60.0 Å². The highest BCUT2D eigenvalue weighted by Crippen LogP contribution is 2.44. The molecule has 5 rings (SSSR count). The number of hydrogen-bond donors (Lipinski definition) is 2. The number of carbonyl (C=O) groups is 3. The summed E-state index contributed by atoms with van der Waals surface area (Å²) >= 11 is 1.50. The molecule has 2 aliphatic rings. The molecule has 7 nitrogen and oxygen atoms in total. The molecule has 1 unspecified atom stereocenters. The van der Waals surface area contributed by atoms with Gasteiger partial charge in [0, 0.05) is 17.3 Å². The molecule has 1 atom stereocenters. The molecule has 2 heterocycles. The maximum Gasteiger partial charge on any atom is 0.407 e. The molecule has 2 aromatic carbocycles. The van der Waals surface area contributed by atoms with Crippen LogP contribution in [0.5, 0.6) is 0 Å². The largest absolute Gasteiger partial charge is 0.479 e. The van der Waals surface area contributed by atoms with Crippen LogP contribution >= 0.6 is 11.3 Å². The molecule has 8 heteroatoms. The van der Waals surface area contributed by atoms with Crippen molar-refractivity contribution in [2.75, 3.05) is 19.7 Å². The fourth-order valence-corrected chi connectivity index (χ4v) is 5.65. The van der Waals surface area contributed by atoms with Crippen molar-refractivity contribution in [2.45, 2.75) is 18.4 Å². The Bertz CT molecular complexity index is 1190. The predicted octanol–water partition coefficient (Wildman–Crippen LogP) is 3.80. The number of hydrogen-bond acceptors (Lipinski definition) is 5. The number of carboxylic acids is 1. The number of thiophene rings is 1. The molecule has 0 saturated heterocycles. The van der Waals surface area contributed by atoms with Gasteiger partial charge in [0.1, 0.15) is 13.2 Å². The molecule has 0 fully saturated rings. The average Bonchev–Trinajstić information content (AvgIpc) is 3.43. The highest BCUT2D eigenvalue weighted by atomic mass is 32.1. The third kappa shape index (κ3) is 3.87. The van der Waals surface area contributed by atoms with E-state index in [-0.39, 0.29) is 19.1 Å². The van der Waals surface area contributed by atoms with Gasteiger partial charge in [0.2, 0.25) is 5.91 Å². The molecule has 0 spiro atoms. The smallest absolute Gasteiger partial charge is 0.407 e. The summed E-state index contributed by atoms with van der Waals surface area (Å²) in [6.45, 7) is 0.128. The minimum Gasteiger partial charge on any atom is -0.479 e. The number of aliphatic carboxylic acids is 1. The van der Waals surface area contributed by atoms with E-state index in [4.69, 9.17) is 4.74 Å². The monoisotopic (exact) mass is 462 g/mol. The van der Waals surface area contributed by atoms with E-state index in [1.54, 1.807) is 6.07 Å². The lowest BCUT2D eigenvalue weighted by Gasteiger charge is -2.33. The van der Waals surface area contributed by atoms with Gasteiger partial charge in [0.25, 0.3) is 0 Å². The van der Waals surface area contributed by atoms with Gasteiger partial charge in [-0.25, -0.2) is 9.59 Å². The van der Waals surface area contributed by atoms with E-state index in [1.165, 1.54) is 16.2 Å². The molecule has 0 radical (unpaired) electrons. The maximum atomic E-state index is 12.7. The number of benzene rings is 2. The topological polar surface area (TPSA) is 95.9 Å². The van der Waals surface area contributed by atoms with Crippen molar-refractivity contribution in [3.05, 3.63) is 81.5 Å². The van der Waals surface area contributed by atoms with Crippen LogP contribution in [0.4, 0.5) is 4.79 Å². The summed E-state index contributed by atoms with van der Waals surface area (Å²) in [6.07, 6.45) is -0.0988. The summed E-state index contributed by atoms with van der Waals surface area (Å²) in [5.41, 5.74) is 5.12. The van der Waals surface area contributed by atoms with Crippen LogP contribution in [0.1, 0.15) is 33.5 Å². The normalized spacial score (nSPS) is 16.5. The summed E-state index contributed by atoms with van der Waals surface area (Å²) in [5, 5.41) is 14.0. The summed E-state index contributed by atoms with van der Waals surface area (Å²) in [4.78, 5) is 39.2. The van der Waals surface area contributed by atoms with E-state index in [0.29, 0.717) is 18.5 Å². The number of nitrogens with one attached hydrogen (secondary N) is 1. The fraction of sp³-hybridized carbons (Fsp3) is 0.240. The third-order valence-corrected chi connectivity index (χ3v) is 7.24. The van der Waals surface area contributed by atoms with Crippen LogP contribution < -0.4 is 5.32 Å². The maximum absolute atomic E-state index is 12.7. The molecule has 3 aromatic rings. The van der Waals surface area contributed by atoms with Crippen LogP contribution in [0.3, 0.4) is 0 Å². The summed E-state index contributed by atoms with van der Waals surface area (Å²) < 4.78 is 5.46. The third-order valence-electron chi connectivity index (χ3n) is 6.25. The fourth-order valence-electron chi connectivity index (χ4n) is 4.75. The summed E-state index contributed by atoms with van der Waals surface area (Å²) in [6, 6.07) is 16.8. The van der Waals surface area contributed by atoms with Crippen molar-refractivity contribution in [3.63, 3.8) is 0 Å². The van der Waals surface area contributed by atoms with Gasteiger partial charge in [-0.2, -0.15) is 0 Å². The molecule has 1 aliphatic carbocycles. The second kappa shape index (κ2) is 8.71. The Morgan fingerprint density at radius 2 is 1.67 bits per heavy atom. The molecule has 168 valence electrons. The molecule has 0 saturated carbocycles. The van der Waals surface area contributed by atoms with Crippen molar-refractivity contribution >= 4 is 29.3 Å². The Kier molecular flexibility index (Phi) is 5.60. The van der Waals surface area contributed by atoms with E-state index < -0.39 is 24.0 Å². The van der Waals surface area contributed by atoms with E-state index >= 15 is 0 Å². The summed E-state index contributed by atoms with van der Waals surface area (Å²) in [5.74, 6) is -1.61. The molecular formula is C25H22N2O5S. The number of nitrogens with zero attached hydrogens (tertiary/aromatic N) is 1. The number of ether oxygens (including phenoxy) is 1. The second-order valence-corrected chi connectivity index (χ2v) is 9.06. The van der Waals surface area contributed by atoms with Gasteiger partial charge in [-0.1, -0.05) is 48.5 Å². The highest BCUT2D eigenvalue weighted by Gasteiger charge is 2.36. The van der Waals surface area contributed by atoms with Gasteiger partial charge in [-0.15, -0.1) is 11.3 Å². The predicted molar refractivity (Wildman–Crippen MR) is 123 cm³/mol. The Morgan fingerprint density at radius 1 is 1.00 bits per heavy atom. The molecule has 2 amide bonds. The zero-order valence-corrected chi connectivity index (χ0v) is 18.5. The number of amides is 2. The molecular weight excluding hydrogens is 440 g/mol. The number of rotatable bonds is 5. The van der Waals surface area contributed by atoms with E-state index in [9.17, 15) is 19.5 Å². The van der Waals surface area contributed by atoms with Crippen LogP contribution in [-0.4, -0.2) is 47.7 Å². The average molecular weight is 463 g/mol. The lowest BCUT2D eigenvalue weighted by atomic mass is 9.98. The molecule has 0 bridgehead atoms. The van der Waals surface area contributed by atoms with Gasteiger partial charge >= 0.3 is 12.1 Å². The number of carboxylic acid groups (broad SMARTS) is 1. The lowest BCUT2D eigenvalue weighted by Crippen LogP contribution is -2.47. The van der Waals surface area contributed by atoms with Gasteiger partial charge in [-0.3, -0.25) is 4.79 Å². The summed E-state index contributed by atoms with van der Waals surface area (Å²) in [7, 11) is 0. The van der Waals surface area contributed by atoms with Gasteiger partial charge in [-0.05, 0) is 45.7 Å². The quantitative estimate of drug-likeness (QED) is 0.601. The van der Waals surface area contributed by atoms with Crippen molar-refractivity contribution in [1.29, 1.82) is 0 Å². The van der Waals surface area contributed by atoms with Crippen molar-refractivity contribution < 1.29 is 24.2 Å². The molecule has 1 aliphatic heterocycles. The number of fused-ring (bicyclic) bond motifs is 4. The Labute approximate surface area is 194 Å². The first-order valence-corrected chi connectivity index (χ1v) is 11.6. The Balaban J connectivity index is 1.21. The minimum absolute atomic E-state index is 0.0747. The van der Waals surface area contributed by atoms with Crippen LogP contribution in [-0.2, 0) is 20.7 Å². The van der Waals surface area contributed by atoms with E-state index in [1.807, 2.05) is 41.8 Å². The molecule has 2 N–H and O–H groups in total. The zero-order valence-electron chi connectivity index (χ0n) is 17.7. The molecule has 1 aromatic heterocycles. The van der Waals surface area contributed by atoms with Crippen LogP contribution in [0.2, 0.25) is 0 Å². The first-order valence-electron chi connectivity index (χ1n) is 10.7. The highest BCUT2D eigenvalue weighted by molar-refractivity contribution is 7.10. The lowest BCUT2D eigenvalue weighted by molar-refractivity contribution is -0.150. The van der Waals surface area contributed by atoms with Crippen molar-refractivity contribution in [2.24, 2.45) is 0 Å². The first-order chi connectivity index (χ1) is 16.0. The van der Waals surface area contributed by atoms with Gasteiger partial charge < -0.3 is 20.1 Å². The Hall–Kier alpha value is -3.65. The first kappa shape index (κ1) is 21.2. The minimum atomic E-state index is -1.08. The van der Waals surface area contributed by atoms with E-state index in [2.05, 4.69) is 17.4 Å². The number of carbonyl (C=O) groups excluding carboxylic acids is 2. The zero-order chi connectivity index (χ0) is 22.9. The van der Waals surface area contributed by atoms with Crippen molar-refractivity contribution in [3.8, 4) is 11.1 Å². The Morgan fingerprint density at radius 3 is 2.33 bits per heavy atom. The standard InChI is InChI=1S/C25H22N2O5S/c28-22(27-11-9-21-19(10-12-33-21)23(27)24(29)30)13-26-25(31)32-14-20-17-7-3-1-5-15(17)16-6-2-4-8-18(16)20/h1-8,10,12,20,23H,9,11,13-14H2,(H,26,31)(H,29,30). The van der Waals surface area contributed by atoms with Gasteiger partial charge in [0.05, 0.1) is 0 Å². The van der Waals surface area contributed by atoms with Crippen molar-refractivity contribution in [1.82, 2.24) is 10.2 Å². The second-order valence-electron chi connectivity index (χ2n) is 8.06.